The van der Waals surface area contributed by atoms with Gasteiger partial charge in [0, 0.05) is 38.1 Å². The molecule has 1 heterocycles. The highest BCUT2D eigenvalue weighted by molar-refractivity contribution is 5.96. The van der Waals surface area contributed by atoms with Crippen LogP contribution in [0.3, 0.4) is 0 Å². The number of likely N-dealkylation sites (N-methyl/N-ethyl adjacent to an activating group) is 1. The van der Waals surface area contributed by atoms with Gasteiger partial charge in [-0.2, -0.15) is 10.5 Å². The number of fused-ring (bicyclic) bond motifs is 5. The molecule has 0 radical (unpaired) electrons. The van der Waals surface area contributed by atoms with E-state index in [1.54, 1.807) is 45.0 Å². The van der Waals surface area contributed by atoms with Gasteiger partial charge in [0.15, 0.2) is 13.2 Å². The van der Waals surface area contributed by atoms with Crippen molar-refractivity contribution in [3.8, 4) is 34.8 Å². The number of hydrogen-bond donors (Lipinski definition) is 7. The van der Waals surface area contributed by atoms with Gasteiger partial charge in [-0.15, -0.1) is 0 Å². The number of nitrogens with zero attached hydrogens (tertiary/aromatic N) is 3. The van der Waals surface area contributed by atoms with Gasteiger partial charge >= 0.3 is 6.09 Å². The van der Waals surface area contributed by atoms with Crippen molar-refractivity contribution in [2.75, 3.05) is 39.9 Å². The fraction of sp³-hybridized carbons (Fsp3) is 0.450. The van der Waals surface area contributed by atoms with E-state index in [-0.39, 0.29) is 60.7 Å². The van der Waals surface area contributed by atoms with E-state index in [0.29, 0.717) is 5.56 Å². The molecule has 2 aromatic carbocycles. The maximum Gasteiger partial charge on any atom is 0.407 e. The van der Waals surface area contributed by atoms with Crippen molar-refractivity contribution in [2.45, 2.75) is 77.2 Å². The quantitative estimate of drug-likeness (QED) is 0.110. The molecule has 0 saturated heterocycles. The van der Waals surface area contributed by atoms with Crippen LogP contribution in [0.2, 0.25) is 0 Å². The molecule has 0 aliphatic carbocycles. The van der Waals surface area contributed by atoms with Gasteiger partial charge in [0.1, 0.15) is 54.4 Å². The van der Waals surface area contributed by atoms with E-state index >= 15 is 0 Å². The fourth-order valence-corrected chi connectivity index (χ4v) is 5.98. The van der Waals surface area contributed by atoms with Gasteiger partial charge in [-0.05, 0) is 69.5 Å². The molecule has 1 aliphatic rings. The van der Waals surface area contributed by atoms with Crippen molar-refractivity contribution in [1.29, 1.82) is 10.5 Å². The van der Waals surface area contributed by atoms with Crippen LogP contribution in [0.4, 0.5) is 4.79 Å². The molecule has 0 spiro atoms. The number of nitrogens with two attached hydrogens (primary N) is 1. The Morgan fingerprint density at radius 2 is 1.52 bits per heavy atom. The van der Waals surface area contributed by atoms with Gasteiger partial charge in [0.2, 0.25) is 29.5 Å². The number of primary amides is 1. The molecular weight excluding hydrogens is 796 g/mol. The number of amides is 8. The lowest BCUT2D eigenvalue weighted by Gasteiger charge is -2.32. The highest BCUT2D eigenvalue weighted by atomic mass is 16.6. The lowest BCUT2D eigenvalue weighted by molar-refractivity contribution is -0.142. The molecule has 1 aliphatic heterocycles. The Labute approximate surface area is 352 Å². The largest absolute Gasteiger partial charge is 0.483 e. The van der Waals surface area contributed by atoms with Crippen molar-refractivity contribution in [2.24, 2.45) is 5.73 Å². The summed E-state index contributed by atoms with van der Waals surface area (Å²) in [7, 11) is 1.29. The van der Waals surface area contributed by atoms with Crippen molar-refractivity contribution < 1.29 is 52.6 Å². The summed E-state index contributed by atoms with van der Waals surface area (Å²) in [5.74, 6) is -5.16. The first-order valence-electron chi connectivity index (χ1n) is 18.9. The first kappa shape index (κ1) is 48.0. The van der Waals surface area contributed by atoms with Crippen LogP contribution in [-0.2, 0) is 44.7 Å². The zero-order chi connectivity index (χ0) is 45.4. The zero-order valence-corrected chi connectivity index (χ0v) is 34.6. The molecule has 0 saturated carbocycles. The molecule has 8 N–H and O–H groups in total. The molecule has 2 aromatic rings. The van der Waals surface area contributed by atoms with Crippen LogP contribution in [-0.4, -0.2) is 116 Å². The van der Waals surface area contributed by atoms with Gasteiger partial charge in [0.25, 0.3) is 11.8 Å². The topological polar surface area (TPSA) is 313 Å². The minimum absolute atomic E-state index is 0.0352. The van der Waals surface area contributed by atoms with Crippen molar-refractivity contribution in [1.82, 2.24) is 36.8 Å². The lowest BCUT2D eigenvalue weighted by Crippen LogP contribution is -2.56. The highest BCUT2D eigenvalue weighted by Gasteiger charge is 2.36. The number of carbonyl (C=O) groups is 8. The number of rotatable bonds is 15. The maximum atomic E-state index is 14.4. The SMILES string of the molecule is CC(=O)N[C@@H](CCNC(=O)OC(C)(C)C)C(=O)N(C)[C@@H]1C(=O)N[C@@H](C)C(=O)N[C@H](C(=O)NCC#N)Cc2ccc(OCC(=O)NCC#N)c(c2)-c2cc1ccc2OCC(N)=O. The Morgan fingerprint density at radius 1 is 0.902 bits per heavy atom. The first-order valence-corrected chi connectivity index (χ1v) is 18.9. The predicted molar refractivity (Wildman–Crippen MR) is 215 cm³/mol. The second kappa shape index (κ2) is 22.1. The van der Waals surface area contributed by atoms with Crippen LogP contribution in [0.1, 0.15) is 58.2 Å². The van der Waals surface area contributed by atoms with Crippen LogP contribution < -0.4 is 47.1 Å². The maximum absolute atomic E-state index is 14.4. The van der Waals surface area contributed by atoms with Gasteiger partial charge < -0.3 is 56.7 Å². The Kier molecular flexibility index (Phi) is 17.4. The van der Waals surface area contributed by atoms with Crippen LogP contribution in [0.25, 0.3) is 11.1 Å². The van der Waals surface area contributed by atoms with Crippen LogP contribution in [0, 0.1) is 22.7 Å². The van der Waals surface area contributed by atoms with Crippen molar-refractivity contribution in [3.05, 3.63) is 47.5 Å². The number of nitriles is 2. The van der Waals surface area contributed by atoms with Crippen molar-refractivity contribution in [3.63, 3.8) is 0 Å². The van der Waals surface area contributed by atoms with E-state index in [2.05, 4.69) is 31.9 Å². The Bertz CT molecular complexity index is 2090. The summed E-state index contributed by atoms with van der Waals surface area (Å²) in [5, 5.41) is 33.1. The Hall–Kier alpha value is -7.42. The molecule has 3 rings (SSSR count). The number of hydrogen-bond acceptors (Lipinski definition) is 13. The molecule has 0 fully saturated rings. The molecule has 4 atom stereocenters. The average Bonchev–Trinajstić information content (AvgIpc) is 3.18. The van der Waals surface area contributed by atoms with Gasteiger partial charge in [-0.25, -0.2) is 4.79 Å². The number of benzene rings is 2. The molecule has 0 aromatic heterocycles. The minimum Gasteiger partial charge on any atom is -0.483 e. The van der Waals surface area contributed by atoms with E-state index in [4.69, 9.17) is 30.5 Å². The smallest absolute Gasteiger partial charge is 0.407 e. The van der Waals surface area contributed by atoms with E-state index in [1.807, 2.05) is 0 Å². The third-order valence-electron chi connectivity index (χ3n) is 8.67. The van der Waals surface area contributed by atoms with Gasteiger partial charge in [-0.1, -0.05) is 12.1 Å². The van der Waals surface area contributed by atoms with E-state index in [9.17, 15) is 38.4 Å². The van der Waals surface area contributed by atoms with Crippen LogP contribution in [0.5, 0.6) is 11.5 Å². The summed E-state index contributed by atoms with van der Waals surface area (Å²) in [6.07, 6.45) is -1.05. The standard InChI is InChI=1S/C40H50N10O11/c1-22-35(54)49-29(36(55)45-16-13-42)18-24-7-9-30(60-21-33(53)44-15-12-41)26(17-24)27-19-25(8-10-31(27)59-20-32(43)52)34(37(56)47-22)50(6)38(57)28(48-23(2)51)11-14-46-39(58)61-40(3,4)5/h7-10,17,19,22,28-29,34H,11,14-16,18,20-21H2,1-6H3,(H2,43,52)(H,44,53)(H,45,55)(H,46,58)(H,47,56)(H,48,51)(H,49,54)/t22-,28-,29-,34-/m0/s1. The van der Waals surface area contributed by atoms with Crippen molar-refractivity contribution >= 4 is 47.4 Å². The molecule has 8 amide bonds. The summed E-state index contributed by atoms with van der Waals surface area (Å²) in [5.41, 5.74) is 5.51. The summed E-state index contributed by atoms with van der Waals surface area (Å²) in [4.78, 5) is 106. The first-order chi connectivity index (χ1) is 28.7. The number of nitrogens with one attached hydrogen (secondary N) is 6. The third kappa shape index (κ3) is 14.7. The molecule has 4 bridgehead atoms. The molecule has 326 valence electrons. The van der Waals surface area contributed by atoms with Gasteiger partial charge in [0.05, 0.1) is 12.1 Å². The Balaban J connectivity index is 2.27. The second-order valence-corrected chi connectivity index (χ2v) is 14.8. The summed E-state index contributed by atoms with van der Waals surface area (Å²) in [6.45, 7) is 5.59. The number of alkyl carbamates (subject to hydrolysis) is 1. The van der Waals surface area contributed by atoms with Gasteiger partial charge in [-0.3, -0.25) is 33.6 Å². The van der Waals surface area contributed by atoms with Crippen LogP contribution >= 0.6 is 0 Å². The summed E-state index contributed by atoms with van der Waals surface area (Å²) < 4.78 is 16.9. The molecular formula is C40H50N10O11. The summed E-state index contributed by atoms with van der Waals surface area (Å²) in [6, 6.07) is 7.03. The second-order valence-electron chi connectivity index (χ2n) is 14.8. The molecule has 61 heavy (non-hydrogen) atoms. The van der Waals surface area contributed by atoms with Crippen LogP contribution in [0.15, 0.2) is 36.4 Å². The molecule has 0 unspecified atom stereocenters. The van der Waals surface area contributed by atoms with E-state index in [1.165, 1.54) is 45.2 Å². The van der Waals surface area contributed by atoms with E-state index in [0.717, 1.165) is 4.90 Å². The normalized spacial score (nSPS) is 16.6. The highest BCUT2D eigenvalue weighted by Crippen LogP contribution is 2.40. The minimum atomic E-state index is -1.55. The monoisotopic (exact) mass is 846 g/mol. The molecule has 21 heteroatoms. The summed E-state index contributed by atoms with van der Waals surface area (Å²) >= 11 is 0. The number of carbonyl (C=O) groups excluding carboxylic acids is 8. The fourth-order valence-electron chi connectivity index (χ4n) is 5.98. The molecule has 21 nitrogen and oxygen atoms in total. The third-order valence-corrected chi connectivity index (χ3v) is 8.67. The predicted octanol–water partition coefficient (Wildman–Crippen LogP) is -0.659. The number of ether oxygens (including phenoxy) is 3. The van der Waals surface area contributed by atoms with E-state index < -0.39 is 90.4 Å². The zero-order valence-electron chi connectivity index (χ0n) is 34.6. The lowest BCUT2D eigenvalue weighted by atomic mass is 9.93. The Morgan fingerprint density at radius 3 is 2.15 bits per heavy atom. The average molecular weight is 847 g/mol.